The Morgan fingerprint density at radius 3 is 2.48 bits per heavy atom. The molecule has 0 radical (unpaired) electrons. The van der Waals surface area contributed by atoms with Crippen LogP contribution in [0.5, 0.6) is 5.75 Å². The molecule has 0 amide bonds. The molecule has 1 aromatic carbocycles. The first-order valence-electron chi connectivity index (χ1n) is 7.87. The van der Waals surface area contributed by atoms with Crippen LogP contribution in [-0.2, 0) is 5.41 Å². The van der Waals surface area contributed by atoms with Gasteiger partial charge in [-0.2, -0.15) is 0 Å². The third-order valence-electron chi connectivity index (χ3n) is 3.83. The molecule has 3 nitrogen and oxygen atoms in total. The van der Waals surface area contributed by atoms with Crippen LogP contribution < -0.4 is 10.1 Å². The summed E-state index contributed by atoms with van der Waals surface area (Å²) in [6, 6.07) is 6.90. The number of rotatable bonds is 6. The number of aryl methyl sites for hydroxylation is 1. The fraction of sp³-hybridized carbons (Fsp3) is 0.667. The van der Waals surface area contributed by atoms with Crippen LogP contribution in [0.4, 0.5) is 0 Å². The van der Waals surface area contributed by atoms with Crippen LogP contribution in [0.15, 0.2) is 18.2 Å². The van der Waals surface area contributed by atoms with E-state index in [9.17, 15) is 5.11 Å². The monoisotopic (exact) mass is 291 g/mol. The number of hydrogen-bond donors (Lipinski definition) is 2. The van der Waals surface area contributed by atoms with Gasteiger partial charge >= 0.3 is 0 Å². The maximum atomic E-state index is 10.4. The molecule has 0 aliphatic heterocycles. The first-order chi connectivity index (χ1) is 9.67. The van der Waals surface area contributed by atoms with Gasteiger partial charge in [-0.1, -0.05) is 32.9 Å². The lowest BCUT2D eigenvalue weighted by Gasteiger charge is -2.27. The first-order valence-corrected chi connectivity index (χ1v) is 7.87. The van der Waals surface area contributed by atoms with Crippen molar-refractivity contribution in [3.8, 4) is 5.75 Å². The van der Waals surface area contributed by atoms with Crippen LogP contribution >= 0.6 is 0 Å². The Bertz CT molecular complexity index is 484. The van der Waals surface area contributed by atoms with Crippen LogP contribution in [-0.4, -0.2) is 29.9 Å². The summed E-state index contributed by atoms with van der Waals surface area (Å²) >= 11 is 0. The summed E-state index contributed by atoms with van der Waals surface area (Å²) < 4.78 is 5.97. The second-order valence-corrected chi connectivity index (χ2v) is 7.69. The van der Waals surface area contributed by atoms with Crippen LogP contribution in [0.3, 0.4) is 0 Å². The lowest BCUT2D eigenvalue weighted by Crippen LogP contribution is -2.43. The maximum absolute atomic E-state index is 10.4. The maximum Gasteiger partial charge on any atom is 0.123 e. The summed E-state index contributed by atoms with van der Waals surface area (Å²) in [6.07, 6.45) is 2.45. The zero-order chi connectivity index (χ0) is 15.7. The van der Waals surface area contributed by atoms with Gasteiger partial charge in [0, 0.05) is 12.6 Å². The molecule has 1 fully saturated rings. The highest BCUT2D eigenvalue weighted by Crippen LogP contribution is 2.32. The topological polar surface area (TPSA) is 41.5 Å². The molecule has 2 rings (SSSR count). The van der Waals surface area contributed by atoms with Crippen molar-refractivity contribution in [1.82, 2.24) is 5.32 Å². The second-order valence-electron chi connectivity index (χ2n) is 7.69. The third kappa shape index (κ3) is 5.01. The molecule has 2 N–H and O–H groups in total. The van der Waals surface area contributed by atoms with E-state index in [4.69, 9.17) is 4.74 Å². The third-order valence-corrected chi connectivity index (χ3v) is 3.83. The van der Waals surface area contributed by atoms with Crippen molar-refractivity contribution in [3.63, 3.8) is 0 Å². The van der Waals surface area contributed by atoms with Crippen LogP contribution in [0.2, 0.25) is 0 Å². The van der Waals surface area contributed by atoms with Gasteiger partial charge in [-0.05, 0) is 49.3 Å². The van der Waals surface area contributed by atoms with E-state index in [-0.39, 0.29) is 5.41 Å². The Hall–Kier alpha value is -1.06. The van der Waals surface area contributed by atoms with Crippen LogP contribution in [0, 0.1) is 6.92 Å². The largest absolute Gasteiger partial charge is 0.490 e. The number of benzene rings is 1. The molecule has 1 saturated carbocycles. The van der Waals surface area contributed by atoms with Crippen molar-refractivity contribution < 1.29 is 9.84 Å². The molecule has 21 heavy (non-hydrogen) atoms. The fourth-order valence-corrected chi connectivity index (χ4v) is 2.30. The average molecular weight is 291 g/mol. The molecule has 0 aromatic heterocycles. The highest BCUT2D eigenvalue weighted by Gasteiger charge is 2.28. The van der Waals surface area contributed by atoms with E-state index in [1.807, 2.05) is 6.92 Å². The van der Waals surface area contributed by atoms with Crippen molar-refractivity contribution in [2.75, 3.05) is 13.2 Å². The molecule has 1 unspecified atom stereocenters. The first kappa shape index (κ1) is 16.3. The van der Waals surface area contributed by atoms with E-state index in [2.05, 4.69) is 51.2 Å². The van der Waals surface area contributed by atoms with E-state index in [0.717, 1.165) is 5.75 Å². The molecule has 0 spiro atoms. The summed E-state index contributed by atoms with van der Waals surface area (Å²) in [6.45, 7) is 11.3. The number of hydrogen-bond acceptors (Lipinski definition) is 3. The highest BCUT2D eigenvalue weighted by molar-refractivity contribution is 5.41. The van der Waals surface area contributed by atoms with Gasteiger partial charge in [-0.15, -0.1) is 0 Å². The minimum atomic E-state index is -0.846. The molecule has 1 aromatic rings. The Balaban J connectivity index is 2.02. The SMILES string of the molecule is Cc1ccc(C(C)(C)C)c(OCC(C)(O)CNC2CC2)c1. The van der Waals surface area contributed by atoms with Gasteiger partial charge in [0.25, 0.3) is 0 Å². The molecular weight excluding hydrogens is 262 g/mol. The van der Waals surface area contributed by atoms with Crippen molar-refractivity contribution in [3.05, 3.63) is 29.3 Å². The molecule has 3 heteroatoms. The van der Waals surface area contributed by atoms with Crippen LogP contribution in [0.25, 0.3) is 0 Å². The summed E-state index contributed by atoms with van der Waals surface area (Å²) in [7, 11) is 0. The van der Waals surface area contributed by atoms with Crippen molar-refractivity contribution in [2.24, 2.45) is 0 Å². The zero-order valence-corrected chi connectivity index (χ0v) is 14.0. The lowest BCUT2D eigenvalue weighted by atomic mass is 9.86. The van der Waals surface area contributed by atoms with E-state index < -0.39 is 5.60 Å². The van der Waals surface area contributed by atoms with Gasteiger partial charge in [-0.25, -0.2) is 0 Å². The Morgan fingerprint density at radius 1 is 1.24 bits per heavy atom. The van der Waals surface area contributed by atoms with E-state index in [0.29, 0.717) is 19.2 Å². The molecule has 1 atom stereocenters. The van der Waals surface area contributed by atoms with Gasteiger partial charge in [0.05, 0.1) is 0 Å². The van der Waals surface area contributed by atoms with Gasteiger partial charge in [0.1, 0.15) is 18.0 Å². The minimum absolute atomic E-state index is 0.0289. The van der Waals surface area contributed by atoms with Crippen LogP contribution in [0.1, 0.15) is 51.7 Å². The summed E-state index contributed by atoms with van der Waals surface area (Å²) in [5.41, 5.74) is 1.54. The van der Waals surface area contributed by atoms with Crippen molar-refractivity contribution in [1.29, 1.82) is 0 Å². The molecule has 0 heterocycles. The predicted octanol–water partition coefficient (Wildman–Crippen LogP) is 3.17. The molecule has 118 valence electrons. The fourth-order valence-electron chi connectivity index (χ4n) is 2.30. The lowest BCUT2D eigenvalue weighted by molar-refractivity contribution is 0.0114. The summed E-state index contributed by atoms with van der Waals surface area (Å²) in [5, 5.41) is 13.8. The highest BCUT2D eigenvalue weighted by atomic mass is 16.5. The van der Waals surface area contributed by atoms with Gasteiger partial charge in [0.2, 0.25) is 0 Å². The predicted molar refractivity (Wildman–Crippen MR) is 87.0 cm³/mol. The molecule has 1 aliphatic rings. The molecular formula is C18H29NO2. The number of nitrogens with one attached hydrogen (secondary N) is 1. The van der Waals surface area contributed by atoms with E-state index in [1.165, 1.54) is 24.0 Å². The van der Waals surface area contributed by atoms with E-state index in [1.54, 1.807) is 0 Å². The van der Waals surface area contributed by atoms with Gasteiger partial charge in [0.15, 0.2) is 0 Å². The molecule has 0 saturated heterocycles. The Kier molecular flexibility index (Phi) is 4.64. The standard InChI is InChI=1S/C18H29NO2/c1-13-6-9-15(17(2,3)4)16(10-13)21-12-18(5,20)11-19-14-7-8-14/h6,9-10,14,19-20H,7-8,11-12H2,1-5H3. The number of ether oxygens (including phenoxy) is 1. The van der Waals surface area contributed by atoms with Crippen molar-refractivity contribution >= 4 is 0 Å². The smallest absolute Gasteiger partial charge is 0.123 e. The minimum Gasteiger partial charge on any atom is -0.490 e. The normalized spacial score (nSPS) is 18.4. The Labute approximate surface area is 128 Å². The summed E-state index contributed by atoms with van der Waals surface area (Å²) in [4.78, 5) is 0. The zero-order valence-electron chi connectivity index (χ0n) is 14.0. The average Bonchev–Trinajstić information content (AvgIpc) is 3.17. The van der Waals surface area contributed by atoms with Crippen molar-refractivity contribution in [2.45, 2.75) is 64.5 Å². The number of aliphatic hydroxyl groups is 1. The molecule has 1 aliphatic carbocycles. The second kappa shape index (κ2) is 5.98. The summed E-state index contributed by atoms with van der Waals surface area (Å²) in [5.74, 6) is 0.884. The van der Waals surface area contributed by atoms with E-state index >= 15 is 0 Å². The quantitative estimate of drug-likeness (QED) is 0.846. The molecule has 0 bridgehead atoms. The van der Waals surface area contributed by atoms with Gasteiger partial charge < -0.3 is 15.2 Å². The van der Waals surface area contributed by atoms with Gasteiger partial charge in [-0.3, -0.25) is 0 Å². The Morgan fingerprint density at radius 2 is 1.90 bits per heavy atom.